The molecule has 0 bridgehead atoms. The zero-order chi connectivity index (χ0) is 23.3. The van der Waals surface area contributed by atoms with Crippen molar-refractivity contribution in [1.29, 1.82) is 0 Å². The summed E-state index contributed by atoms with van der Waals surface area (Å²) in [6.07, 6.45) is -3.84. The van der Waals surface area contributed by atoms with E-state index in [1.54, 1.807) is 0 Å². The molecule has 0 aromatic heterocycles. The van der Waals surface area contributed by atoms with Crippen molar-refractivity contribution in [2.24, 2.45) is 0 Å². The summed E-state index contributed by atoms with van der Waals surface area (Å²) in [5.41, 5.74) is 0. The van der Waals surface area contributed by atoms with Gasteiger partial charge < -0.3 is 20.7 Å². The zero-order valence-corrected chi connectivity index (χ0v) is 17.8. The standard InChI is InChI=1S/C20H24ClF4N3O4/c21-15-5-4-13(8-16(15)22)31-10-18(29)27-12-2-6-17(26-9-12)19(30)28-11-1-3-14(7-11)32-20(23,24)25/h4-5,8,11-12,14,17,26H,1-3,6-7,9-10H2,(H,27,29)(H,28,30). The molecule has 3 rings (SSSR count). The van der Waals surface area contributed by atoms with E-state index in [2.05, 4.69) is 20.7 Å². The van der Waals surface area contributed by atoms with Crippen LogP contribution in [0.25, 0.3) is 0 Å². The quantitative estimate of drug-likeness (QED) is 0.521. The number of ether oxygens (including phenoxy) is 2. The lowest BCUT2D eigenvalue weighted by Crippen LogP contribution is -2.55. The van der Waals surface area contributed by atoms with Crippen molar-refractivity contribution in [1.82, 2.24) is 16.0 Å². The summed E-state index contributed by atoms with van der Waals surface area (Å²) >= 11 is 5.59. The number of rotatable bonds is 7. The van der Waals surface area contributed by atoms with E-state index in [0.29, 0.717) is 25.8 Å². The minimum atomic E-state index is -4.68. The largest absolute Gasteiger partial charge is 0.522 e. The molecule has 3 N–H and O–H groups in total. The molecule has 2 aliphatic rings. The number of benzene rings is 1. The van der Waals surface area contributed by atoms with Crippen molar-refractivity contribution in [3.8, 4) is 5.75 Å². The molecule has 12 heteroatoms. The second kappa shape index (κ2) is 10.7. The van der Waals surface area contributed by atoms with E-state index in [0.717, 1.165) is 6.07 Å². The molecule has 178 valence electrons. The van der Waals surface area contributed by atoms with Crippen LogP contribution in [0.4, 0.5) is 17.6 Å². The smallest absolute Gasteiger partial charge is 0.484 e. The molecule has 0 radical (unpaired) electrons. The topological polar surface area (TPSA) is 88.7 Å². The highest BCUT2D eigenvalue weighted by molar-refractivity contribution is 6.30. The summed E-state index contributed by atoms with van der Waals surface area (Å²) in [5, 5.41) is 8.54. The molecule has 1 aromatic carbocycles. The number of amides is 2. The molecular weight excluding hydrogens is 458 g/mol. The van der Waals surface area contributed by atoms with E-state index in [1.165, 1.54) is 12.1 Å². The van der Waals surface area contributed by atoms with Gasteiger partial charge in [0, 0.05) is 24.7 Å². The molecule has 1 aromatic rings. The first-order chi connectivity index (χ1) is 15.1. The maximum atomic E-state index is 13.4. The van der Waals surface area contributed by atoms with Crippen molar-refractivity contribution in [3.05, 3.63) is 29.0 Å². The van der Waals surface area contributed by atoms with Crippen LogP contribution in [0.1, 0.15) is 32.1 Å². The van der Waals surface area contributed by atoms with E-state index < -0.39 is 30.2 Å². The predicted molar refractivity (Wildman–Crippen MR) is 107 cm³/mol. The first-order valence-corrected chi connectivity index (χ1v) is 10.6. The van der Waals surface area contributed by atoms with Crippen LogP contribution < -0.4 is 20.7 Å². The van der Waals surface area contributed by atoms with Crippen LogP contribution in [0, 0.1) is 5.82 Å². The maximum Gasteiger partial charge on any atom is 0.522 e. The van der Waals surface area contributed by atoms with Crippen molar-refractivity contribution in [2.45, 2.75) is 62.7 Å². The summed E-state index contributed by atoms with van der Waals surface area (Å²) in [4.78, 5) is 24.5. The number of hydrogen-bond donors (Lipinski definition) is 3. The number of carbonyl (C=O) groups is 2. The average molecular weight is 482 g/mol. The third-order valence-electron chi connectivity index (χ3n) is 5.39. The number of nitrogens with one attached hydrogen (secondary N) is 3. The van der Waals surface area contributed by atoms with Crippen LogP contribution in [-0.2, 0) is 14.3 Å². The van der Waals surface area contributed by atoms with Crippen molar-refractivity contribution in [3.63, 3.8) is 0 Å². The van der Waals surface area contributed by atoms with Gasteiger partial charge in [-0.1, -0.05) is 11.6 Å². The fraction of sp³-hybridized carbons (Fsp3) is 0.600. The fourth-order valence-corrected chi connectivity index (χ4v) is 3.97. The van der Waals surface area contributed by atoms with Gasteiger partial charge in [-0.3, -0.25) is 14.3 Å². The van der Waals surface area contributed by atoms with E-state index in [9.17, 15) is 27.2 Å². The molecule has 1 aliphatic heterocycles. The number of halogens is 5. The van der Waals surface area contributed by atoms with Gasteiger partial charge in [0.15, 0.2) is 6.61 Å². The third-order valence-corrected chi connectivity index (χ3v) is 5.69. The van der Waals surface area contributed by atoms with E-state index >= 15 is 0 Å². The third kappa shape index (κ3) is 7.49. The Kier molecular flexibility index (Phi) is 8.18. The van der Waals surface area contributed by atoms with Gasteiger partial charge in [-0.25, -0.2) is 4.39 Å². The molecule has 0 spiro atoms. The Hall–Kier alpha value is -2.11. The zero-order valence-electron chi connectivity index (χ0n) is 17.0. The van der Waals surface area contributed by atoms with Crippen LogP contribution in [0.2, 0.25) is 5.02 Å². The summed E-state index contributed by atoms with van der Waals surface area (Å²) in [5.74, 6) is -1.14. The van der Waals surface area contributed by atoms with Crippen molar-refractivity contribution in [2.75, 3.05) is 13.2 Å². The number of alkyl halides is 3. The second-order valence-corrected chi connectivity index (χ2v) is 8.28. The predicted octanol–water partition coefficient (Wildman–Crippen LogP) is 2.67. The Morgan fingerprint density at radius 3 is 2.53 bits per heavy atom. The molecule has 1 aliphatic carbocycles. The number of hydrogen-bond acceptors (Lipinski definition) is 5. The Balaban J connectivity index is 1.34. The molecule has 1 saturated heterocycles. The Morgan fingerprint density at radius 1 is 1.12 bits per heavy atom. The molecule has 2 amide bonds. The summed E-state index contributed by atoms with van der Waals surface area (Å²) in [6, 6.07) is 2.81. The lowest BCUT2D eigenvalue weighted by atomic mass is 9.99. The second-order valence-electron chi connectivity index (χ2n) is 7.87. The van der Waals surface area contributed by atoms with Crippen LogP contribution >= 0.6 is 11.6 Å². The molecule has 1 heterocycles. The highest BCUT2D eigenvalue weighted by Crippen LogP contribution is 2.29. The number of carbonyl (C=O) groups excluding carboxylic acids is 2. The summed E-state index contributed by atoms with van der Waals surface area (Å²) in [6.45, 7) is 0.0498. The van der Waals surface area contributed by atoms with Gasteiger partial charge in [0.1, 0.15) is 11.6 Å². The van der Waals surface area contributed by atoms with Crippen LogP contribution in [0.5, 0.6) is 5.75 Å². The van der Waals surface area contributed by atoms with Crippen molar-refractivity contribution < 1.29 is 36.6 Å². The minimum absolute atomic E-state index is 0.0453. The van der Waals surface area contributed by atoms with Gasteiger partial charge in [-0.15, -0.1) is 13.2 Å². The van der Waals surface area contributed by atoms with E-state index in [1.807, 2.05) is 0 Å². The molecule has 1 saturated carbocycles. The summed E-state index contributed by atoms with van der Waals surface area (Å²) in [7, 11) is 0. The Labute approximate surface area is 187 Å². The van der Waals surface area contributed by atoms with Crippen LogP contribution in [0.15, 0.2) is 18.2 Å². The molecular formula is C20H24ClF4N3O4. The Bertz CT molecular complexity index is 819. The molecule has 32 heavy (non-hydrogen) atoms. The molecule has 4 atom stereocenters. The van der Waals surface area contributed by atoms with Crippen molar-refractivity contribution >= 4 is 23.4 Å². The normalized spacial score (nSPS) is 25.9. The van der Waals surface area contributed by atoms with Gasteiger partial charge in [0.05, 0.1) is 17.2 Å². The van der Waals surface area contributed by atoms with E-state index in [-0.39, 0.29) is 48.2 Å². The maximum absolute atomic E-state index is 13.4. The van der Waals surface area contributed by atoms with Gasteiger partial charge in [-0.05, 0) is 44.2 Å². The first-order valence-electron chi connectivity index (χ1n) is 10.2. The molecule has 2 fully saturated rings. The van der Waals surface area contributed by atoms with Gasteiger partial charge in [0.2, 0.25) is 5.91 Å². The monoisotopic (exact) mass is 481 g/mol. The lowest BCUT2D eigenvalue weighted by Gasteiger charge is -2.30. The lowest BCUT2D eigenvalue weighted by molar-refractivity contribution is -0.341. The first kappa shape index (κ1) is 24.5. The number of piperidine rings is 1. The molecule has 7 nitrogen and oxygen atoms in total. The molecule has 4 unspecified atom stereocenters. The van der Waals surface area contributed by atoms with Gasteiger partial charge in [0.25, 0.3) is 5.91 Å². The van der Waals surface area contributed by atoms with Gasteiger partial charge >= 0.3 is 6.36 Å². The highest BCUT2D eigenvalue weighted by Gasteiger charge is 2.38. The fourth-order valence-electron chi connectivity index (χ4n) is 3.86. The SMILES string of the molecule is O=C(COc1ccc(Cl)c(F)c1)NC1CCC(C(=O)NC2CCC(OC(F)(F)F)C2)NC1. The minimum Gasteiger partial charge on any atom is -0.484 e. The summed E-state index contributed by atoms with van der Waals surface area (Å²) < 4.78 is 59.6. The van der Waals surface area contributed by atoms with Gasteiger partial charge in [-0.2, -0.15) is 0 Å². The highest BCUT2D eigenvalue weighted by atomic mass is 35.5. The van der Waals surface area contributed by atoms with E-state index in [4.69, 9.17) is 16.3 Å². The Morgan fingerprint density at radius 2 is 1.88 bits per heavy atom. The van der Waals surface area contributed by atoms with Crippen LogP contribution in [0.3, 0.4) is 0 Å². The average Bonchev–Trinajstić information content (AvgIpc) is 3.14. The van der Waals surface area contributed by atoms with Crippen LogP contribution in [-0.4, -0.2) is 55.6 Å².